The molecule has 0 aliphatic heterocycles. The molecule has 2 nitrogen and oxygen atoms in total. The largest absolute Gasteiger partial charge is 0.308 e. The number of nitrogens with zero attached hydrogens (tertiary/aromatic N) is 2. The molecule has 0 aromatic heterocycles. The molecule has 80 valence electrons. The van der Waals surface area contributed by atoms with Gasteiger partial charge in [0.15, 0.2) is 0 Å². The lowest BCUT2D eigenvalue weighted by Gasteiger charge is -2.75. The van der Waals surface area contributed by atoms with E-state index < -0.39 is 28.6 Å². The summed E-state index contributed by atoms with van der Waals surface area (Å²) in [5.41, 5.74) is -8.72. The Morgan fingerprint density at radius 2 is 0.800 bits per heavy atom. The maximum atomic E-state index is 12.9. The van der Waals surface area contributed by atoms with Crippen molar-refractivity contribution in [1.29, 1.82) is 10.5 Å². The van der Waals surface area contributed by atoms with E-state index in [-0.39, 0.29) is 12.1 Å². The van der Waals surface area contributed by atoms with E-state index in [1.165, 1.54) is 0 Å². The normalized spacial score (nSPS) is 46.7. The summed E-state index contributed by atoms with van der Waals surface area (Å²) in [6.45, 7) is 0. The highest BCUT2D eigenvalue weighted by Gasteiger charge is 3.20. The van der Waals surface area contributed by atoms with Gasteiger partial charge in [-0.3, -0.25) is 0 Å². The van der Waals surface area contributed by atoms with Crippen molar-refractivity contribution in [3.63, 3.8) is 0 Å². The molecule has 0 atom stereocenters. The van der Waals surface area contributed by atoms with Crippen molar-refractivity contribution in [2.45, 2.75) is 17.8 Å². The molecule has 0 unspecified atom stereocenters. The van der Waals surface area contributed by atoms with Crippen LogP contribution in [-0.4, -0.2) is 17.8 Å². The van der Waals surface area contributed by atoms with Crippen molar-refractivity contribution in [2.24, 2.45) is 10.8 Å². The first-order valence-corrected chi connectivity index (χ1v) is 3.58. The molecule has 0 aromatic rings. The van der Waals surface area contributed by atoms with E-state index in [2.05, 4.69) is 0 Å². The highest BCUT2D eigenvalue weighted by atomic mass is 19.3. The number of hydrogen-bond donors (Lipinski definition) is 0. The van der Waals surface area contributed by atoms with Gasteiger partial charge in [-0.25, -0.2) is 26.3 Å². The van der Waals surface area contributed by atoms with Gasteiger partial charge in [0, 0.05) is 0 Å². The minimum absolute atomic E-state index is 0.273. The summed E-state index contributed by atoms with van der Waals surface area (Å²) >= 11 is 0. The second-order valence-corrected chi connectivity index (χ2v) is 3.45. The number of hydrogen-bond acceptors (Lipinski definition) is 2. The lowest BCUT2D eigenvalue weighted by Crippen LogP contribution is -3.02. The van der Waals surface area contributed by atoms with Gasteiger partial charge in [0.05, 0.1) is 12.1 Å². The SMILES string of the molecule is N#CC12C(F)(F)C(C#N)(C1(F)F)C2(F)F. The van der Waals surface area contributed by atoms with Crippen LogP contribution in [0.5, 0.6) is 0 Å². The summed E-state index contributed by atoms with van der Waals surface area (Å²) in [6, 6.07) is 0.545. The molecule has 0 amide bonds. The summed E-state index contributed by atoms with van der Waals surface area (Å²) in [6.07, 6.45) is 0. The van der Waals surface area contributed by atoms with Crippen molar-refractivity contribution >= 4 is 0 Å². The first-order chi connectivity index (χ1) is 6.62. The van der Waals surface area contributed by atoms with Crippen LogP contribution in [0, 0.1) is 33.5 Å². The molecular weight excluding hydrogens is 226 g/mol. The van der Waals surface area contributed by atoms with Crippen LogP contribution in [0.2, 0.25) is 0 Å². The third-order valence-electron chi connectivity index (χ3n) is 3.16. The Morgan fingerprint density at radius 1 is 0.600 bits per heavy atom. The molecule has 0 radical (unpaired) electrons. The van der Waals surface area contributed by atoms with Gasteiger partial charge in [0.2, 0.25) is 0 Å². The lowest BCUT2D eigenvalue weighted by atomic mass is 9.27. The van der Waals surface area contributed by atoms with Crippen molar-refractivity contribution in [1.82, 2.24) is 0 Å². The summed E-state index contributed by atoms with van der Waals surface area (Å²) in [5.74, 6) is -14.1. The Labute approximate surface area is 78.7 Å². The zero-order chi connectivity index (χ0) is 11.9. The number of nitriles is 2. The minimum Gasteiger partial charge on any atom is -0.202 e. The monoisotopic (exact) mass is 226 g/mol. The third-order valence-corrected chi connectivity index (χ3v) is 3.16. The highest BCUT2D eigenvalue weighted by molar-refractivity contribution is 5.58. The third kappa shape index (κ3) is 0.408. The molecule has 2 bridgehead atoms. The van der Waals surface area contributed by atoms with Crippen LogP contribution >= 0.6 is 0 Å². The van der Waals surface area contributed by atoms with E-state index in [0.717, 1.165) is 0 Å². The summed E-state index contributed by atoms with van der Waals surface area (Å²) in [5, 5.41) is 16.2. The van der Waals surface area contributed by atoms with Crippen molar-refractivity contribution in [3.8, 4) is 12.1 Å². The van der Waals surface area contributed by atoms with Gasteiger partial charge in [0.1, 0.15) is 0 Å². The summed E-state index contributed by atoms with van der Waals surface area (Å²) in [4.78, 5) is 0. The smallest absolute Gasteiger partial charge is 0.202 e. The molecule has 3 aliphatic rings. The molecule has 3 rings (SSSR count). The predicted octanol–water partition coefficient (Wildman–Crippen LogP) is 1.94. The van der Waals surface area contributed by atoms with Gasteiger partial charge in [-0.05, 0) is 0 Å². The van der Waals surface area contributed by atoms with Crippen LogP contribution in [0.1, 0.15) is 0 Å². The van der Waals surface area contributed by atoms with Crippen LogP contribution in [-0.2, 0) is 0 Å². The maximum absolute atomic E-state index is 12.9. The Bertz CT molecular complexity index is 360. The van der Waals surface area contributed by atoms with E-state index in [1.54, 1.807) is 0 Å². The van der Waals surface area contributed by atoms with Crippen molar-refractivity contribution in [3.05, 3.63) is 0 Å². The Balaban J connectivity index is 2.73. The van der Waals surface area contributed by atoms with Crippen LogP contribution in [0.25, 0.3) is 0 Å². The molecule has 0 N–H and O–H groups in total. The predicted molar refractivity (Wildman–Crippen MR) is 30.9 cm³/mol. The van der Waals surface area contributed by atoms with Crippen molar-refractivity contribution < 1.29 is 26.3 Å². The average molecular weight is 226 g/mol. The molecule has 0 saturated heterocycles. The fraction of sp³-hybridized carbons (Fsp3) is 0.714. The number of halogens is 6. The molecular formula is C7F6N2. The van der Waals surface area contributed by atoms with Gasteiger partial charge in [-0.15, -0.1) is 0 Å². The molecule has 3 saturated carbocycles. The van der Waals surface area contributed by atoms with E-state index in [0.29, 0.717) is 0 Å². The number of alkyl halides is 6. The van der Waals surface area contributed by atoms with Crippen LogP contribution in [0.3, 0.4) is 0 Å². The summed E-state index contributed by atoms with van der Waals surface area (Å²) < 4.78 is 77.3. The fourth-order valence-corrected chi connectivity index (χ4v) is 2.26. The Morgan fingerprint density at radius 3 is 0.933 bits per heavy atom. The molecule has 8 heteroatoms. The number of rotatable bonds is 0. The summed E-state index contributed by atoms with van der Waals surface area (Å²) in [7, 11) is 0. The van der Waals surface area contributed by atoms with Crippen LogP contribution in [0.15, 0.2) is 0 Å². The van der Waals surface area contributed by atoms with Gasteiger partial charge >= 0.3 is 17.8 Å². The van der Waals surface area contributed by atoms with E-state index in [1.807, 2.05) is 0 Å². The lowest BCUT2D eigenvalue weighted by molar-refractivity contribution is -0.590. The highest BCUT2D eigenvalue weighted by Crippen LogP contribution is 2.93. The first-order valence-electron chi connectivity index (χ1n) is 3.58. The van der Waals surface area contributed by atoms with Gasteiger partial charge in [0.25, 0.3) is 10.8 Å². The maximum Gasteiger partial charge on any atom is 0.308 e. The zero-order valence-corrected chi connectivity index (χ0v) is 6.66. The second-order valence-electron chi connectivity index (χ2n) is 3.45. The van der Waals surface area contributed by atoms with E-state index >= 15 is 0 Å². The molecule has 0 spiro atoms. The van der Waals surface area contributed by atoms with Crippen LogP contribution in [0.4, 0.5) is 26.3 Å². The molecule has 3 fully saturated rings. The minimum atomic E-state index is -4.68. The molecule has 3 aliphatic carbocycles. The van der Waals surface area contributed by atoms with Crippen LogP contribution < -0.4 is 0 Å². The van der Waals surface area contributed by atoms with Gasteiger partial charge in [-0.2, -0.15) is 10.5 Å². The molecule has 0 heterocycles. The van der Waals surface area contributed by atoms with Gasteiger partial charge < -0.3 is 0 Å². The Kier molecular flexibility index (Phi) is 1.21. The standard InChI is InChI=1S/C7F6N2/c8-5(9)3(1-14)6(10,11)4(5,2-15)7(3,12)13. The zero-order valence-electron chi connectivity index (χ0n) is 6.66. The Hall–Kier alpha value is -1.44. The molecule has 0 aromatic carbocycles. The fourth-order valence-electron chi connectivity index (χ4n) is 2.26. The quantitative estimate of drug-likeness (QED) is 0.592. The average Bonchev–Trinajstić information content (AvgIpc) is 2.02. The van der Waals surface area contributed by atoms with Crippen molar-refractivity contribution in [2.75, 3.05) is 0 Å². The molecule has 15 heavy (non-hydrogen) atoms. The van der Waals surface area contributed by atoms with Gasteiger partial charge in [-0.1, -0.05) is 0 Å². The van der Waals surface area contributed by atoms with E-state index in [9.17, 15) is 26.3 Å². The van der Waals surface area contributed by atoms with E-state index in [4.69, 9.17) is 10.5 Å². The first kappa shape index (κ1) is 10.1. The topological polar surface area (TPSA) is 47.6 Å². The second kappa shape index (κ2) is 1.80.